The van der Waals surface area contributed by atoms with Gasteiger partial charge in [-0.3, -0.25) is 24.0 Å². The molecule has 0 saturated heterocycles. The summed E-state index contributed by atoms with van der Waals surface area (Å²) >= 11 is 0. The van der Waals surface area contributed by atoms with Crippen molar-refractivity contribution in [3.63, 3.8) is 0 Å². The number of ketones is 2. The number of benzene rings is 6. The number of imide groups is 1. The molecule has 6 aromatic carbocycles. The third kappa shape index (κ3) is 6.57. The normalized spacial score (nSPS) is 14.9. The fraction of sp³-hybridized carbons (Fsp3) is 0.163. The van der Waals surface area contributed by atoms with E-state index in [0.717, 1.165) is 27.9 Å². The number of amides is 2. The molecule has 6 aromatic rings. The van der Waals surface area contributed by atoms with E-state index >= 15 is 0 Å². The topological polar surface area (TPSA) is 121 Å². The summed E-state index contributed by atoms with van der Waals surface area (Å²) in [5.74, 6) is -0.309. The molecule has 59 heavy (non-hydrogen) atoms. The molecule has 9 nitrogen and oxygen atoms in total. The first-order valence-corrected chi connectivity index (χ1v) is 20.1. The van der Waals surface area contributed by atoms with Crippen LogP contribution in [0.2, 0.25) is 0 Å². The van der Waals surface area contributed by atoms with Gasteiger partial charge in [0.05, 0.1) is 31.0 Å². The molecule has 0 aromatic heterocycles. The van der Waals surface area contributed by atoms with Crippen LogP contribution in [0.5, 0.6) is 11.5 Å². The summed E-state index contributed by atoms with van der Waals surface area (Å²) in [5.41, 5.74) is 11.0. The number of anilines is 2. The van der Waals surface area contributed by atoms with Gasteiger partial charge in [-0.05, 0) is 107 Å². The summed E-state index contributed by atoms with van der Waals surface area (Å²) in [7, 11) is 3.80. The minimum absolute atomic E-state index is 0.0667. The minimum Gasteiger partial charge on any atom is -0.457 e. The Morgan fingerprint density at radius 2 is 1.20 bits per heavy atom. The van der Waals surface area contributed by atoms with Gasteiger partial charge in [0.15, 0.2) is 17.1 Å². The highest BCUT2D eigenvalue weighted by atomic mass is 31.1. The van der Waals surface area contributed by atoms with Crippen LogP contribution in [0.3, 0.4) is 0 Å². The summed E-state index contributed by atoms with van der Waals surface area (Å²) < 4.78 is 12.1. The molecule has 1 atom stereocenters. The zero-order valence-electron chi connectivity index (χ0n) is 34.2. The van der Waals surface area contributed by atoms with Gasteiger partial charge >= 0.3 is 0 Å². The van der Waals surface area contributed by atoms with E-state index in [2.05, 4.69) is 110 Å². The third-order valence-corrected chi connectivity index (χ3v) is 11.6. The quantitative estimate of drug-likeness (QED) is 0.119. The first-order valence-electron chi connectivity index (χ1n) is 19.6. The van der Waals surface area contributed by atoms with Gasteiger partial charge in [0, 0.05) is 50.7 Å². The van der Waals surface area contributed by atoms with Crippen molar-refractivity contribution in [3.8, 4) is 22.6 Å². The number of rotatable bonds is 8. The number of aryl methyl sites for hydroxylation is 2. The van der Waals surface area contributed by atoms with Gasteiger partial charge in [-0.15, -0.1) is 0 Å². The summed E-state index contributed by atoms with van der Waals surface area (Å²) in [6, 6.07) is 39.5. The van der Waals surface area contributed by atoms with Crippen molar-refractivity contribution in [3.05, 3.63) is 177 Å². The number of hydrogen-bond donors (Lipinski definition) is 1. The molecule has 9 rings (SSSR count). The fourth-order valence-corrected chi connectivity index (χ4v) is 8.75. The Hall–Kier alpha value is -6.54. The van der Waals surface area contributed by atoms with Gasteiger partial charge in [-0.25, -0.2) is 4.90 Å². The predicted molar refractivity (Wildman–Crippen MR) is 231 cm³/mol. The van der Waals surface area contributed by atoms with Crippen molar-refractivity contribution in [1.82, 2.24) is 0 Å². The van der Waals surface area contributed by atoms with Crippen LogP contribution in [-0.4, -0.2) is 49.3 Å². The van der Waals surface area contributed by atoms with Crippen LogP contribution >= 0.6 is 8.81 Å². The number of Topliss-reactive ketones (excluding diaryl/α,β-unsaturated/α-hetero) is 2. The average molecular weight is 802 g/mol. The standard InChI is InChI=1S/C47H36N2O5.C2H5O2P/c1-27-23-29(13-19-41(27)48(3)4)47(39-11-7-5-9-33(39)34-10-6-8-12-40(34)47)30-14-20-42(28(2)24-30)49-45(52)36-18-16-32(26-38(36)46(49)53)54-31-15-17-35-37(25-31)44(51)22-21-43(35)50;1-2(3)5-4/h5-20,23-26H,21-22H2,1-4H3;4-5H,1H3/i;4D. The van der Waals surface area contributed by atoms with Gasteiger partial charge in [0.2, 0.25) is 1.43 Å². The number of fused-ring (bicyclic) bond motifs is 5. The molecular formula is C49H41N2O7P. The molecule has 0 spiro atoms. The van der Waals surface area contributed by atoms with E-state index in [1.54, 1.807) is 36.4 Å². The average Bonchev–Trinajstić information content (AvgIpc) is 3.67. The molecule has 0 radical (unpaired) electrons. The van der Waals surface area contributed by atoms with E-state index in [0.29, 0.717) is 28.3 Å². The number of carbonyl (C=O) groups is 5. The Kier molecular flexibility index (Phi) is 9.87. The lowest BCUT2D eigenvalue weighted by molar-refractivity contribution is -0.109. The van der Waals surface area contributed by atoms with Crippen LogP contribution in [0.1, 0.15) is 94.6 Å². The van der Waals surface area contributed by atoms with E-state index in [4.69, 9.17) is 6.17 Å². The molecule has 1 unspecified atom stereocenters. The second-order valence-electron chi connectivity index (χ2n) is 15.2. The predicted octanol–water partition coefficient (Wildman–Crippen LogP) is 9.60. The van der Waals surface area contributed by atoms with Crippen LogP contribution in [-0.2, 0) is 10.2 Å². The van der Waals surface area contributed by atoms with E-state index in [1.807, 2.05) is 13.0 Å². The van der Waals surface area contributed by atoms with E-state index < -0.39 is 17.2 Å². The second kappa shape index (κ2) is 15.3. The lowest BCUT2D eigenvalue weighted by Gasteiger charge is -2.35. The van der Waals surface area contributed by atoms with Crippen molar-refractivity contribution < 1.29 is 33.6 Å². The van der Waals surface area contributed by atoms with Crippen molar-refractivity contribution >= 4 is 49.1 Å². The highest BCUT2D eigenvalue weighted by Gasteiger charge is 2.47. The molecule has 3 aliphatic rings. The van der Waals surface area contributed by atoms with Gasteiger partial charge in [0.1, 0.15) is 11.5 Å². The Bertz CT molecular complexity index is 2750. The van der Waals surface area contributed by atoms with Gasteiger partial charge in [0.25, 0.3) is 11.8 Å². The highest BCUT2D eigenvalue weighted by molar-refractivity contribution is 7.52. The zero-order valence-corrected chi connectivity index (χ0v) is 34.2. The maximum absolute atomic E-state index is 14.1. The summed E-state index contributed by atoms with van der Waals surface area (Å²) in [5, 5.41) is 0. The first-order chi connectivity index (χ1) is 28.8. The minimum atomic E-state index is -0.644. The molecule has 0 saturated carbocycles. The monoisotopic (exact) mass is 801 g/mol. The largest absolute Gasteiger partial charge is 0.457 e. The summed E-state index contributed by atoms with van der Waals surface area (Å²) in [4.78, 5) is 69.7. The fourth-order valence-electron chi connectivity index (χ4n) is 8.75. The Morgan fingerprint density at radius 1 is 0.661 bits per heavy atom. The second-order valence-corrected chi connectivity index (χ2v) is 16.1. The number of ether oxygens (including phenoxy) is 1. The molecule has 1 aliphatic heterocycles. The summed E-state index contributed by atoms with van der Waals surface area (Å²) in [6.07, 6.45) is 0.380. The first kappa shape index (κ1) is 38.0. The molecule has 2 aliphatic carbocycles. The summed E-state index contributed by atoms with van der Waals surface area (Å²) in [6.45, 7) is 5.47. The van der Waals surface area contributed by atoms with Gasteiger partial charge in [-0.2, -0.15) is 0 Å². The lowest BCUT2D eigenvalue weighted by Crippen LogP contribution is -2.31. The maximum Gasteiger partial charge on any atom is 0.266 e. The Labute approximate surface area is 345 Å². The molecule has 1 N–H and O–H groups in total. The van der Waals surface area contributed by atoms with Crippen LogP contribution in [0.4, 0.5) is 11.4 Å². The number of hydrogen-bond acceptors (Lipinski definition) is 8. The number of nitrogens with zero attached hydrogens (tertiary/aromatic N) is 2. The molecule has 0 bridgehead atoms. The van der Waals surface area contributed by atoms with Crippen LogP contribution in [0.25, 0.3) is 11.1 Å². The lowest BCUT2D eigenvalue weighted by atomic mass is 9.67. The van der Waals surface area contributed by atoms with E-state index in [9.17, 15) is 24.0 Å². The van der Waals surface area contributed by atoms with E-state index in [1.165, 1.54) is 34.1 Å². The highest BCUT2D eigenvalue weighted by Crippen LogP contribution is 2.56. The van der Waals surface area contributed by atoms with Crippen molar-refractivity contribution in [2.75, 3.05) is 23.9 Å². The molecule has 10 heteroatoms. The Morgan fingerprint density at radius 3 is 1.76 bits per heavy atom. The maximum atomic E-state index is 14.1. The van der Waals surface area contributed by atoms with Gasteiger partial charge < -0.3 is 14.5 Å². The smallest absolute Gasteiger partial charge is 0.266 e. The van der Waals surface area contributed by atoms with Crippen LogP contribution in [0, 0.1) is 13.8 Å². The van der Waals surface area contributed by atoms with Crippen LogP contribution in [0.15, 0.2) is 121 Å². The molecule has 1 heterocycles. The van der Waals surface area contributed by atoms with Gasteiger partial charge in [-0.1, -0.05) is 72.8 Å². The molecular weight excluding hydrogens is 760 g/mol. The molecule has 0 fully saturated rings. The molecule has 2 amide bonds. The number of carbonyl (C=O) groups excluding carboxylic acids is 5. The van der Waals surface area contributed by atoms with E-state index in [-0.39, 0.29) is 49.9 Å². The van der Waals surface area contributed by atoms with Crippen molar-refractivity contribution in [2.24, 2.45) is 0 Å². The Balaban J connectivity index is 0.000000776. The van der Waals surface area contributed by atoms with Crippen molar-refractivity contribution in [1.29, 1.82) is 1.43 Å². The van der Waals surface area contributed by atoms with Crippen molar-refractivity contribution in [2.45, 2.75) is 39.0 Å². The zero-order chi connectivity index (χ0) is 42.5. The van der Waals surface area contributed by atoms with Crippen LogP contribution < -0.4 is 14.5 Å². The molecule has 294 valence electrons. The third-order valence-electron chi connectivity index (χ3n) is 11.3. The SMILES string of the molecule is Cc1cc(C2(c3ccc(N4C(=O)c5ccc(Oc6ccc7c(c6)C(=O)CCC7=O)cc5C4=O)c(C)c3)c3ccccc3-c3ccccc32)ccc1N(C)C.[2H]OPC(C)=O.